The molecule has 0 radical (unpaired) electrons. The maximum atomic E-state index is 11.4. The van der Waals surface area contributed by atoms with E-state index < -0.39 is 0 Å². The summed E-state index contributed by atoms with van der Waals surface area (Å²) in [6.07, 6.45) is 4.41. The molecule has 0 unspecified atom stereocenters. The van der Waals surface area contributed by atoms with Crippen molar-refractivity contribution >= 4 is 23.1 Å². The van der Waals surface area contributed by atoms with E-state index in [0.717, 1.165) is 35.7 Å². The number of hydrogen-bond donors (Lipinski definition) is 1. The average Bonchev–Trinajstić information content (AvgIpc) is 3.04. The Balaban J connectivity index is 1.55. The molecule has 3 heterocycles. The topological polar surface area (TPSA) is 71.0 Å². The van der Waals surface area contributed by atoms with Gasteiger partial charge in [0.15, 0.2) is 0 Å². The van der Waals surface area contributed by atoms with Crippen molar-refractivity contribution in [3.05, 3.63) is 60.4 Å². The monoisotopic (exact) mass is 345 g/mol. The van der Waals surface area contributed by atoms with Crippen LogP contribution in [0.5, 0.6) is 0 Å². The summed E-state index contributed by atoms with van der Waals surface area (Å²) in [5, 5.41) is 3.26. The molecule has 3 aromatic rings. The third-order valence-corrected chi connectivity index (χ3v) is 4.32. The number of carbonyl (C=O) groups is 1. The number of benzene rings is 1. The van der Waals surface area contributed by atoms with Gasteiger partial charge in [-0.2, -0.15) is 0 Å². The molecule has 2 aromatic heterocycles. The SMILES string of the molecule is CC(=O)CN1CCc2cc(Nc3nccc(-c4ccccn4)n3)ccc21. The zero-order chi connectivity index (χ0) is 17.9. The highest BCUT2D eigenvalue weighted by Gasteiger charge is 2.20. The van der Waals surface area contributed by atoms with E-state index >= 15 is 0 Å². The van der Waals surface area contributed by atoms with Crippen LogP contribution in [0.2, 0.25) is 0 Å². The molecule has 1 aromatic carbocycles. The zero-order valence-corrected chi connectivity index (χ0v) is 14.5. The van der Waals surface area contributed by atoms with Gasteiger partial charge in [0.25, 0.3) is 0 Å². The van der Waals surface area contributed by atoms with E-state index in [4.69, 9.17) is 0 Å². The fourth-order valence-electron chi connectivity index (χ4n) is 3.19. The Morgan fingerprint density at radius 1 is 1.12 bits per heavy atom. The standard InChI is InChI=1S/C20H19N5O/c1-14(26)13-25-11-8-15-12-16(5-6-19(15)25)23-20-22-10-7-18(24-20)17-4-2-3-9-21-17/h2-7,9-10,12H,8,11,13H2,1H3,(H,22,23,24). The number of hydrogen-bond acceptors (Lipinski definition) is 6. The quantitative estimate of drug-likeness (QED) is 0.765. The van der Waals surface area contributed by atoms with Crippen molar-refractivity contribution in [3.8, 4) is 11.4 Å². The Bertz CT molecular complexity index is 942. The number of anilines is 3. The molecule has 6 heteroatoms. The lowest BCUT2D eigenvalue weighted by Gasteiger charge is -2.17. The Morgan fingerprint density at radius 3 is 2.85 bits per heavy atom. The van der Waals surface area contributed by atoms with Gasteiger partial charge in [-0.3, -0.25) is 9.78 Å². The van der Waals surface area contributed by atoms with E-state index in [1.807, 2.05) is 30.3 Å². The Hall–Kier alpha value is -3.28. The summed E-state index contributed by atoms with van der Waals surface area (Å²) in [5.74, 6) is 0.714. The van der Waals surface area contributed by atoms with E-state index in [-0.39, 0.29) is 5.78 Å². The van der Waals surface area contributed by atoms with Crippen LogP contribution in [-0.2, 0) is 11.2 Å². The van der Waals surface area contributed by atoms with Crippen molar-refractivity contribution in [1.82, 2.24) is 15.0 Å². The number of nitrogens with one attached hydrogen (secondary N) is 1. The first-order valence-corrected chi connectivity index (χ1v) is 8.58. The molecule has 0 fully saturated rings. The van der Waals surface area contributed by atoms with Crippen molar-refractivity contribution in [1.29, 1.82) is 0 Å². The second-order valence-corrected chi connectivity index (χ2v) is 6.32. The molecule has 6 nitrogen and oxygen atoms in total. The predicted octanol–water partition coefficient (Wildman–Crippen LogP) is 3.23. The molecule has 26 heavy (non-hydrogen) atoms. The van der Waals surface area contributed by atoms with Gasteiger partial charge in [-0.15, -0.1) is 0 Å². The molecule has 0 bridgehead atoms. The smallest absolute Gasteiger partial charge is 0.227 e. The molecule has 0 spiro atoms. The molecule has 130 valence electrons. The summed E-state index contributed by atoms with van der Waals surface area (Å²) in [6.45, 7) is 2.97. The fourth-order valence-corrected chi connectivity index (χ4v) is 3.19. The lowest BCUT2D eigenvalue weighted by atomic mass is 10.1. The van der Waals surface area contributed by atoms with Gasteiger partial charge in [-0.25, -0.2) is 9.97 Å². The van der Waals surface area contributed by atoms with Crippen LogP contribution in [0.25, 0.3) is 11.4 Å². The lowest BCUT2D eigenvalue weighted by molar-refractivity contribution is -0.115. The summed E-state index contributed by atoms with van der Waals surface area (Å²) < 4.78 is 0. The van der Waals surface area contributed by atoms with Crippen LogP contribution < -0.4 is 10.2 Å². The highest BCUT2D eigenvalue weighted by Crippen LogP contribution is 2.31. The summed E-state index contributed by atoms with van der Waals surface area (Å²) in [7, 11) is 0. The molecular weight excluding hydrogens is 326 g/mol. The molecule has 1 N–H and O–H groups in total. The minimum Gasteiger partial charge on any atom is -0.364 e. The Kier molecular flexibility index (Phi) is 4.31. The number of rotatable bonds is 5. The number of aromatic nitrogens is 3. The highest BCUT2D eigenvalue weighted by atomic mass is 16.1. The van der Waals surface area contributed by atoms with Gasteiger partial charge in [0.05, 0.1) is 17.9 Å². The number of ketones is 1. The lowest BCUT2D eigenvalue weighted by Crippen LogP contribution is -2.26. The molecule has 0 amide bonds. The summed E-state index contributed by atoms with van der Waals surface area (Å²) in [5.41, 5.74) is 4.89. The summed E-state index contributed by atoms with van der Waals surface area (Å²) in [6, 6.07) is 13.7. The van der Waals surface area contributed by atoms with Crippen molar-refractivity contribution in [2.75, 3.05) is 23.3 Å². The second kappa shape index (κ2) is 6.92. The van der Waals surface area contributed by atoms with Crippen LogP contribution >= 0.6 is 0 Å². The van der Waals surface area contributed by atoms with Crippen molar-refractivity contribution < 1.29 is 4.79 Å². The highest BCUT2D eigenvalue weighted by molar-refractivity contribution is 5.82. The van der Waals surface area contributed by atoms with Gasteiger partial charge >= 0.3 is 0 Å². The predicted molar refractivity (Wildman–Crippen MR) is 102 cm³/mol. The largest absolute Gasteiger partial charge is 0.364 e. The Morgan fingerprint density at radius 2 is 2.04 bits per heavy atom. The van der Waals surface area contributed by atoms with Gasteiger partial charge in [-0.1, -0.05) is 6.07 Å². The molecular formula is C20H19N5O. The molecule has 0 aliphatic carbocycles. The minimum atomic E-state index is 0.180. The minimum absolute atomic E-state index is 0.180. The van der Waals surface area contributed by atoms with E-state index in [0.29, 0.717) is 12.5 Å². The van der Waals surface area contributed by atoms with Crippen LogP contribution in [0.1, 0.15) is 12.5 Å². The van der Waals surface area contributed by atoms with Crippen molar-refractivity contribution in [2.45, 2.75) is 13.3 Å². The van der Waals surface area contributed by atoms with Crippen LogP contribution in [0.15, 0.2) is 54.9 Å². The number of nitrogens with zero attached hydrogens (tertiary/aromatic N) is 4. The third kappa shape index (κ3) is 3.39. The number of Topliss-reactive ketones (excluding diaryl/α,β-unsaturated/α-hetero) is 1. The van der Waals surface area contributed by atoms with Crippen molar-refractivity contribution in [3.63, 3.8) is 0 Å². The first-order valence-electron chi connectivity index (χ1n) is 8.58. The molecule has 4 rings (SSSR count). The Labute approximate surface area is 151 Å². The van der Waals surface area contributed by atoms with Gasteiger partial charge in [0, 0.05) is 30.3 Å². The van der Waals surface area contributed by atoms with Gasteiger partial charge in [0.1, 0.15) is 5.78 Å². The van der Waals surface area contributed by atoms with Gasteiger partial charge in [0.2, 0.25) is 5.95 Å². The van der Waals surface area contributed by atoms with Gasteiger partial charge in [-0.05, 0) is 55.3 Å². The maximum Gasteiger partial charge on any atom is 0.227 e. The zero-order valence-electron chi connectivity index (χ0n) is 14.5. The number of fused-ring (bicyclic) bond motifs is 1. The number of pyridine rings is 1. The summed E-state index contributed by atoms with van der Waals surface area (Å²) in [4.78, 5) is 26.7. The molecule has 0 saturated heterocycles. The van der Waals surface area contributed by atoms with E-state index in [2.05, 4.69) is 37.3 Å². The molecule has 0 saturated carbocycles. The molecule has 0 atom stereocenters. The van der Waals surface area contributed by atoms with E-state index in [9.17, 15) is 4.79 Å². The van der Waals surface area contributed by atoms with Crippen molar-refractivity contribution in [2.24, 2.45) is 0 Å². The maximum absolute atomic E-state index is 11.4. The third-order valence-electron chi connectivity index (χ3n) is 4.32. The summed E-state index contributed by atoms with van der Waals surface area (Å²) >= 11 is 0. The van der Waals surface area contributed by atoms with Crippen LogP contribution in [-0.4, -0.2) is 33.8 Å². The first-order chi connectivity index (χ1) is 12.7. The first kappa shape index (κ1) is 16.2. The average molecular weight is 345 g/mol. The fraction of sp³-hybridized carbons (Fsp3) is 0.200. The van der Waals surface area contributed by atoms with Crippen LogP contribution in [0.4, 0.5) is 17.3 Å². The van der Waals surface area contributed by atoms with Gasteiger partial charge < -0.3 is 10.2 Å². The molecule has 1 aliphatic heterocycles. The normalized spacial score (nSPS) is 12.7. The second-order valence-electron chi connectivity index (χ2n) is 6.32. The van der Waals surface area contributed by atoms with E-state index in [1.165, 1.54) is 5.56 Å². The van der Waals surface area contributed by atoms with Crippen LogP contribution in [0, 0.1) is 0 Å². The van der Waals surface area contributed by atoms with Crippen LogP contribution in [0.3, 0.4) is 0 Å². The number of carbonyl (C=O) groups excluding carboxylic acids is 1. The van der Waals surface area contributed by atoms with E-state index in [1.54, 1.807) is 19.3 Å². The molecule has 1 aliphatic rings.